The summed E-state index contributed by atoms with van der Waals surface area (Å²) in [6.45, 7) is 0. The number of carbonyl (C=O) groups is 1. The molecule has 0 unspecified atom stereocenters. The number of anilines is 1. The number of rotatable bonds is 3. The number of nitrogens with one attached hydrogen (secondary N) is 1. The molecule has 0 radical (unpaired) electrons. The van der Waals surface area contributed by atoms with Gasteiger partial charge < -0.3 is 9.50 Å². The molecule has 0 aliphatic carbocycles. The minimum atomic E-state index is -3.99. The lowest BCUT2D eigenvalue weighted by Crippen LogP contribution is -2.19. The summed E-state index contributed by atoms with van der Waals surface area (Å²) in [6, 6.07) is 15.7. The van der Waals surface area contributed by atoms with Gasteiger partial charge in [0.1, 0.15) is 4.90 Å². The van der Waals surface area contributed by atoms with Gasteiger partial charge in [0.2, 0.25) is 5.91 Å². The Morgan fingerprint density at radius 2 is 1.81 bits per heavy atom. The SMILES string of the molecule is O=C1CCc2cc(S(=O)(=O)Oc3ccc4ccccc4c3Br)ccc2N1. The van der Waals surface area contributed by atoms with E-state index >= 15 is 0 Å². The maximum atomic E-state index is 12.7. The average molecular weight is 432 g/mol. The average Bonchev–Trinajstić information content (AvgIpc) is 2.63. The van der Waals surface area contributed by atoms with Crippen molar-refractivity contribution in [2.45, 2.75) is 17.7 Å². The molecule has 1 aliphatic heterocycles. The number of halogens is 1. The molecule has 1 heterocycles. The Morgan fingerprint density at radius 1 is 1.00 bits per heavy atom. The molecule has 0 atom stereocenters. The third kappa shape index (κ3) is 3.08. The van der Waals surface area contributed by atoms with E-state index in [9.17, 15) is 13.2 Å². The second kappa shape index (κ2) is 6.41. The van der Waals surface area contributed by atoms with Gasteiger partial charge in [0.15, 0.2) is 5.75 Å². The van der Waals surface area contributed by atoms with Crippen LogP contribution in [-0.4, -0.2) is 14.3 Å². The van der Waals surface area contributed by atoms with Crippen LogP contribution < -0.4 is 9.50 Å². The van der Waals surface area contributed by atoms with Crippen molar-refractivity contribution in [3.8, 4) is 5.75 Å². The fourth-order valence-corrected chi connectivity index (χ4v) is 4.63. The van der Waals surface area contributed by atoms with Crippen molar-refractivity contribution in [3.05, 3.63) is 64.6 Å². The number of hydrogen-bond donors (Lipinski definition) is 1. The van der Waals surface area contributed by atoms with Crippen LogP contribution in [0.5, 0.6) is 5.75 Å². The zero-order chi connectivity index (χ0) is 18.3. The molecule has 3 aromatic rings. The number of benzene rings is 3. The highest BCUT2D eigenvalue weighted by molar-refractivity contribution is 9.10. The van der Waals surface area contributed by atoms with Crippen LogP contribution in [0.4, 0.5) is 5.69 Å². The van der Waals surface area contributed by atoms with Crippen LogP contribution in [0.2, 0.25) is 0 Å². The first-order valence-corrected chi connectivity index (χ1v) is 10.2. The standard InChI is InChI=1S/C19H14BrNO4S/c20-19-15-4-2-1-3-12(15)5-9-17(19)25-26(23,24)14-7-8-16-13(11-14)6-10-18(22)21-16/h1-5,7-9,11H,6,10H2,(H,21,22). The van der Waals surface area contributed by atoms with Crippen molar-refractivity contribution < 1.29 is 17.4 Å². The molecule has 0 bridgehead atoms. The van der Waals surface area contributed by atoms with Crippen molar-refractivity contribution in [1.82, 2.24) is 0 Å². The van der Waals surface area contributed by atoms with Gasteiger partial charge in [-0.05, 0) is 63.0 Å². The van der Waals surface area contributed by atoms with E-state index in [-0.39, 0.29) is 16.6 Å². The molecule has 7 heteroatoms. The van der Waals surface area contributed by atoms with Gasteiger partial charge in [-0.1, -0.05) is 30.3 Å². The molecule has 1 aliphatic rings. The predicted octanol–water partition coefficient (Wildman–Crippen LogP) is 4.25. The molecule has 1 amide bonds. The first-order chi connectivity index (χ1) is 12.4. The van der Waals surface area contributed by atoms with E-state index in [1.807, 2.05) is 30.3 Å². The first kappa shape index (κ1) is 17.1. The summed E-state index contributed by atoms with van der Waals surface area (Å²) >= 11 is 3.44. The van der Waals surface area contributed by atoms with Gasteiger partial charge in [0, 0.05) is 12.1 Å². The molecule has 132 valence electrons. The molecule has 1 N–H and O–H groups in total. The second-order valence-corrected chi connectivity index (χ2v) is 8.34. The number of hydrogen-bond acceptors (Lipinski definition) is 4. The molecule has 4 rings (SSSR count). The highest BCUT2D eigenvalue weighted by Crippen LogP contribution is 2.35. The van der Waals surface area contributed by atoms with Crippen LogP contribution in [0.3, 0.4) is 0 Å². The lowest BCUT2D eigenvalue weighted by atomic mass is 10.0. The largest absolute Gasteiger partial charge is 0.378 e. The van der Waals surface area contributed by atoms with E-state index < -0.39 is 10.1 Å². The Labute approximate surface area is 159 Å². The lowest BCUT2D eigenvalue weighted by Gasteiger charge is -2.17. The van der Waals surface area contributed by atoms with Gasteiger partial charge in [-0.25, -0.2) is 0 Å². The second-order valence-electron chi connectivity index (χ2n) is 6.00. The monoisotopic (exact) mass is 431 g/mol. The fraction of sp³-hybridized carbons (Fsp3) is 0.105. The van der Waals surface area contributed by atoms with Gasteiger partial charge >= 0.3 is 10.1 Å². The normalized spacial score (nSPS) is 14.0. The lowest BCUT2D eigenvalue weighted by molar-refractivity contribution is -0.116. The smallest absolute Gasteiger partial charge is 0.339 e. The number of aryl methyl sites for hydroxylation is 1. The van der Waals surface area contributed by atoms with Crippen LogP contribution >= 0.6 is 15.9 Å². The van der Waals surface area contributed by atoms with Crippen molar-refractivity contribution in [3.63, 3.8) is 0 Å². The van der Waals surface area contributed by atoms with Crippen LogP contribution in [0.25, 0.3) is 10.8 Å². The summed E-state index contributed by atoms with van der Waals surface area (Å²) in [5.41, 5.74) is 1.43. The van der Waals surface area contributed by atoms with Crippen LogP contribution in [-0.2, 0) is 21.3 Å². The Hall–Kier alpha value is -2.38. The molecule has 0 fully saturated rings. The molecule has 5 nitrogen and oxygen atoms in total. The summed E-state index contributed by atoms with van der Waals surface area (Å²) in [5.74, 6) is 0.166. The van der Waals surface area contributed by atoms with E-state index in [1.54, 1.807) is 18.2 Å². The molecule has 3 aromatic carbocycles. The van der Waals surface area contributed by atoms with Crippen molar-refractivity contribution >= 4 is 48.4 Å². The predicted molar refractivity (Wildman–Crippen MR) is 103 cm³/mol. The van der Waals surface area contributed by atoms with Crippen molar-refractivity contribution in [2.24, 2.45) is 0 Å². The van der Waals surface area contributed by atoms with Crippen molar-refractivity contribution in [2.75, 3.05) is 5.32 Å². The molecule has 0 spiro atoms. The van der Waals surface area contributed by atoms with Crippen LogP contribution in [0.15, 0.2) is 64.0 Å². The molecule has 0 saturated heterocycles. The highest BCUT2D eigenvalue weighted by atomic mass is 79.9. The Morgan fingerprint density at radius 3 is 2.65 bits per heavy atom. The van der Waals surface area contributed by atoms with Crippen LogP contribution in [0.1, 0.15) is 12.0 Å². The zero-order valence-corrected chi connectivity index (χ0v) is 15.9. The third-order valence-corrected chi connectivity index (χ3v) is 6.34. The Bertz CT molecular complexity index is 1140. The minimum absolute atomic E-state index is 0.0625. The minimum Gasteiger partial charge on any atom is -0.378 e. The number of carbonyl (C=O) groups excluding carboxylic acids is 1. The molecular formula is C19H14BrNO4S. The molecule has 0 aromatic heterocycles. The highest BCUT2D eigenvalue weighted by Gasteiger charge is 2.22. The third-order valence-electron chi connectivity index (χ3n) is 4.29. The zero-order valence-electron chi connectivity index (χ0n) is 13.5. The number of amides is 1. The summed E-state index contributed by atoms with van der Waals surface area (Å²) in [6.07, 6.45) is 0.845. The van der Waals surface area contributed by atoms with Gasteiger partial charge in [-0.3, -0.25) is 4.79 Å². The Balaban J connectivity index is 1.70. The summed E-state index contributed by atoms with van der Waals surface area (Å²) < 4.78 is 31.4. The maximum absolute atomic E-state index is 12.7. The van der Waals surface area contributed by atoms with E-state index in [0.717, 1.165) is 16.3 Å². The van der Waals surface area contributed by atoms with Crippen LogP contribution in [0, 0.1) is 0 Å². The molecular weight excluding hydrogens is 418 g/mol. The van der Waals surface area contributed by atoms with Gasteiger partial charge in [-0.2, -0.15) is 8.42 Å². The van der Waals surface area contributed by atoms with Gasteiger partial charge in [0.05, 0.1) is 4.47 Å². The molecule has 0 saturated carbocycles. The quantitative estimate of drug-likeness (QED) is 0.628. The summed E-state index contributed by atoms with van der Waals surface area (Å²) in [5, 5.41) is 4.58. The summed E-state index contributed by atoms with van der Waals surface area (Å²) in [7, 11) is -3.99. The Kier molecular flexibility index (Phi) is 4.20. The van der Waals surface area contributed by atoms with Crippen molar-refractivity contribution in [1.29, 1.82) is 0 Å². The van der Waals surface area contributed by atoms with Gasteiger partial charge in [-0.15, -0.1) is 0 Å². The van der Waals surface area contributed by atoms with E-state index in [0.29, 0.717) is 23.0 Å². The molecule has 26 heavy (non-hydrogen) atoms. The summed E-state index contributed by atoms with van der Waals surface area (Å²) in [4.78, 5) is 11.5. The fourth-order valence-electron chi connectivity index (χ4n) is 2.96. The first-order valence-electron chi connectivity index (χ1n) is 7.98. The topological polar surface area (TPSA) is 72.5 Å². The number of fused-ring (bicyclic) bond motifs is 2. The van der Waals surface area contributed by atoms with E-state index in [1.165, 1.54) is 6.07 Å². The van der Waals surface area contributed by atoms with E-state index in [4.69, 9.17) is 4.18 Å². The van der Waals surface area contributed by atoms with Gasteiger partial charge in [0.25, 0.3) is 0 Å². The maximum Gasteiger partial charge on any atom is 0.339 e. The van der Waals surface area contributed by atoms with E-state index in [2.05, 4.69) is 21.2 Å².